The van der Waals surface area contributed by atoms with E-state index in [1.54, 1.807) is 0 Å². The van der Waals surface area contributed by atoms with E-state index in [1.807, 2.05) is 0 Å². The van der Waals surface area contributed by atoms with Crippen LogP contribution in [0.1, 0.15) is 71.1 Å². The Hall–Kier alpha value is -0.0800. The summed E-state index contributed by atoms with van der Waals surface area (Å²) < 4.78 is 0. The molecule has 17 heavy (non-hydrogen) atoms. The average Bonchev–Trinajstić information content (AvgIpc) is 2.28. The Morgan fingerprint density at radius 3 is 2.29 bits per heavy atom. The lowest BCUT2D eigenvalue weighted by Crippen LogP contribution is -2.34. The van der Waals surface area contributed by atoms with Crippen molar-refractivity contribution in [3.8, 4) is 0 Å². The van der Waals surface area contributed by atoms with Gasteiger partial charge in [-0.25, -0.2) is 0 Å². The zero-order valence-corrected chi connectivity index (χ0v) is 11.6. The van der Waals surface area contributed by atoms with E-state index < -0.39 is 0 Å². The number of hydrogen-bond acceptors (Lipinski definition) is 2. The Morgan fingerprint density at radius 2 is 1.71 bits per heavy atom. The van der Waals surface area contributed by atoms with Crippen molar-refractivity contribution in [3.63, 3.8) is 0 Å². The third-order valence-electron chi connectivity index (χ3n) is 4.03. The molecule has 0 amide bonds. The van der Waals surface area contributed by atoms with Gasteiger partial charge in [0.2, 0.25) is 0 Å². The van der Waals surface area contributed by atoms with E-state index in [9.17, 15) is 0 Å². The fraction of sp³-hybridized carbons (Fsp3) is 1.00. The number of aliphatic hydroxyl groups is 1. The van der Waals surface area contributed by atoms with Crippen LogP contribution in [0.3, 0.4) is 0 Å². The first kappa shape index (κ1) is 15.0. The molecule has 2 nitrogen and oxygen atoms in total. The first-order valence-corrected chi connectivity index (χ1v) is 7.71. The van der Waals surface area contributed by atoms with Gasteiger partial charge in [0.05, 0.1) is 0 Å². The molecule has 2 N–H and O–H groups in total. The molecular formula is C15H31NO. The molecule has 0 saturated heterocycles. The summed E-state index contributed by atoms with van der Waals surface area (Å²) in [4.78, 5) is 0. The van der Waals surface area contributed by atoms with E-state index in [4.69, 9.17) is 5.11 Å². The van der Waals surface area contributed by atoms with E-state index >= 15 is 0 Å². The molecule has 0 spiro atoms. The summed E-state index contributed by atoms with van der Waals surface area (Å²) in [6, 6.07) is 0.744. The molecular weight excluding hydrogens is 210 g/mol. The molecule has 0 aromatic carbocycles. The SMILES string of the molecule is CCCC(CCO)CNC1CCCCCCC1. The molecule has 0 aromatic rings. The minimum Gasteiger partial charge on any atom is -0.396 e. The van der Waals surface area contributed by atoms with Crippen molar-refractivity contribution >= 4 is 0 Å². The van der Waals surface area contributed by atoms with Crippen LogP contribution in [0.2, 0.25) is 0 Å². The van der Waals surface area contributed by atoms with Gasteiger partial charge in [0.15, 0.2) is 0 Å². The van der Waals surface area contributed by atoms with Crippen molar-refractivity contribution in [3.05, 3.63) is 0 Å². The first-order chi connectivity index (χ1) is 8.36. The van der Waals surface area contributed by atoms with Crippen molar-refractivity contribution in [2.24, 2.45) is 5.92 Å². The standard InChI is InChI=1S/C15H31NO/c1-2-8-14(11-12-17)13-16-15-9-6-4-3-5-7-10-15/h14-17H,2-13H2,1H3. The summed E-state index contributed by atoms with van der Waals surface area (Å²) >= 11 is 0. The van der Waals surface area contributed by atoms with Crippen molar-refractivity contribution in [1.82, 2.24) is 5.32 Å². The number of hydrogen-bond donors (Lipinski definition) is 2. The van der Waals surface area contributed by atoms with Gasteiger partial charge >= 0.3 is 0 Å². The Bertz CT molecular complexity index is 158. The number of rotatable bonds is 7. The van der Waals surface area contributed by atoms with Crippen LogP contribution in [0, 0.1) is 5.92 Å². The lowest BCUT2D eigenvalue weighted by atomic mass is 9.95. The highest BCUT2D eigenvalue weighted by molar-refractivity contribution is 4.72. The van der Waals surface area contributed by atoms with Crippen LogP contribution < -0.4 is 5.32 Å². The molecule has 1 rings (SSSR count). The van der Waals surface area contributed by atoms with Gasteiger partial charge in [0.1, 0.15) is 0 Å². The highest BCUT2D eigenvalue weighted by Crippen LogP contribution is 2.18. The van der Waals surface area contributed by atoms with E-state index in [0.717, 1.165) is 19.0 Å². The summed E-state index contributed by atoms with van der Waals surface area (Å²) in [6.45, 7) is 3.69. The topological polar surface area (TPSA) is 32.3 Å². The fourth-order valence-corrected chi connectivity index (χ4v) is 2.93. The quantitative estimate of drug-likeness (QED) is 0.715. The molecule has 1 aliphatic carbocycles. The molecule has 1 aliphatic rings. The highest BCUT2D eigenvalue weighted by Gasteiger charge is 2.13. The summed E-state index contributed by atoms with van der Waals surface area (Å²) in [5.41, 5.74) is 0. The van der Waals surface area contributed by atoms with Crippen molar-refractivity contribution in [2.75, 3.05) is 13.2 Å². The number of nitrogens with one attached hydrogen (secondary N) is 1. The fourth-order valence-electron chi connectivity index (χ4n) is 2.93. The molecule has 0 aromatic heterocycles. The van der Waals surface area contributed by atoms with Crippen LogP contribution in [0.15, 0.2) is 0 Å². The van der Waals surface area contributed by atoms with Crippen molar-refractivity contribution in [2.45, 2.75) is 77.2 Å². The van der Waals surface area contributed by atoms with Gasteiger partial charge in [-0.1, -0.05) is 45.4 Å². The molecule has 0 bridgehead atoms. The monoisotopic (exact) mass is 241 g/mol. The van der Waals surface area contributed by atoms with Crippen LogP contribution in [0.5, 0.6) is 0 Å². The zero-order valence-electron chi connectivity index (χ0n) is 11.6. The smallest absolute Gasteiger partial charge is 0.0434 e. The van der Waals surface area contributed by atoms with Gasteiger partial charge in [-0.15, -0.1) is 0 Å². The zero-order chi connectivity index (χ0) is 12.3. The minimum absolute atomic E-state index is 0.344. The maximum absolute atomic E-state index is 9.05. The predicted octanol–water partition coefficient (Wildman–Crippen LogP) is 3.49. The number of aliphatic hydroxyl groups excluding tert-OH is 1. The predicted molar refractivity (Wildman–Crippen MR) is 74.2 cm³/mol. The maximum atomic E-state index is 9.05. The van der Waals surface area contributed by atoms with E-state index in [-0.39, 0.29) is 0 Å². The van der Waals surface area contributed by atoms with Crippen LogP contribution in [0.25, 0.3) is 0 Å². The second-order valence-corrected chi connectivity index (χ2v) is 5.62. The highest BCUT2D eigenvalue weighted by atomic mass is 16.3. The van der Waals surface area contributed by atoms with Crippen LogP contribution in [0.4, 0.5) is 0 Å². The second-order valence-electron chi connectivity index (χ2n) is 5.62. The average molecular weight is 241 g/mol. The van der Waals surface area contributed by atoms with Crippen LogP contribution >= 0.6 is 0 Å². The Kier molecular flexibility index (Phi) is 8.72. The van der Waals surface area contributed by atoms with E-state index in [0.29, 0.717) is 12.5 Å². The largest absolute Gasteiger partial charge is 0.396 e. The molecule has 0 heterocycles. The normalized spacial score (nSPS) is 20.8. The summed E-state index contributed by atoms with van der Waals surface area (Å²) in [7, 11) is 0. The third-order valence-corrected chi connectivity index (χ3v) is 4.03. The Balaban J connectivity index is 2.20. The van der Waals surface area contributed by atoms with Gasteiger partial charge in [-0.05, 0) is 38.1 Å². The molecule has 1 fully saturated rings. The van der Waals surface area contributed by atoms with E-state index in [1.165, 1.54) is 57.8 Å². The summed E-state index contributed by atoms with van der Waals surface area (Å²) in [6.07, 6.45) is 13.3. The molecule has 0 aliphatic heterocycles. The lowest BCUT2D eigenvalue weighted by molar-refractivity contribution is 0.242. The maximum Gasteiger partial charge on any atom is 0.0434 e. The molecule has 0 radical (unpaired) electrons. The Labute approximate surface area is 107 Å². The van der Waals surface area contributed by atoms with Gasteiger partial charge in [-0.2, -0.15) is 0 Å². The van der Waals surface area contributed by atoms with Crippen LogP contribution in [-0.4, -0.2) is 24.3 Å². The molecule has 102 valence electrons. The van der Waals surface area contributed by atoms with Crippen molar-refractivity contribution < 1.29 is 5.11 Å². The minimum atomic E-state index is 0.344. The molecule has 1 saturated carbocycles. The Morgan fingerprint density at radius 1 is 1.06 bits per heavy atom. The van der Waals surface area contributed by atoms with E-state index in [2.05, 4.69) is 12.2 Å². The molecule has 1 unspecified atom stereocenters. The second kappa shape index (κ2) is 9.90. The lowest BCUT2D eigenvalue weighted by Gasteiger charge is -2.24. The molecule has 1 atom stereocenters. The third kappa shape index (κ3) is 7.05. The van der Waals surface area contributed by atoms with Gasteiger partial charge < -0.3 is 10.4 Å². The van der Waals surface area contributed by atoms with Gasteiger partial charge in [0.25, 0.3) is 0 Å². The summed E-state index contributed by atoms with van der Waals surface area (Å²) in [5, 5.41) is 12.8. The molecule has 2 heteroatoms. The van der Waals surface area contributed by atoms with Crippen LogP contribution in [-0.2, 0) is 0 Å². The first-order valence-electron chi connectivity index (χ1n) is 7.71. The van der Waals surface area contributed by atoms with Crippen molar-refractivity contribution in [1.29, 1.82) is 0 Å². The van der Waals surface area contributed by atoms with Gasteiger partial charge in [-0.3, -0.25) is 0 Å². The summed E-state index contributed by atoms with van der Waals surface area (Å²) in [5.74, 6) is 0.676. The van der Waals surface area contributed by atoms with Gasteiger partial charge in [0, 0.05) is 12.6 Å².